The van der Waals surface area contributed by atoms with E-state index in [1.54, 1.807) is 24.3 Å². The van der Waals surface area contributed by atoms with Gasteiger partial charge in [0.15, 0.2) is 12.4 Å². The van der Waals surface area contributed by atoms with E-state index in [-0.39, 0.29) is 35.9 Å². The number of rotatable bonds is 8. The van der Waals surface area contributed by atoms with Crippen LogP contribution < -0.4 is 9.64 Å². The zero-order chi connectivity index (χ0) is 26.5. The number of nitro benzene ring substituents is 1. The van der Waals surface area contributed by atoms with Crippen LogP contribution in [0.3, 0.4) is 0 Å². The molecule has 1 fully saturated rings. The van der Waals surface area contributed by atoms with E-state index in [4.69, 9.17) is 9.47 Å². The van der Waals surface area contributed by atoms with Gasteiger partial charge < -0.3 is 14.4 Å². The van der Waals surface area contributed by atoms with Crippen LogP contribution in [0.1, 0.15) is 27.1 Å². The van der Waals surface area contributed by atoms with Gasteiger partial charge in [0.1, 0.15) is 5.75 Å². The molecule has 1 atom stereocenters. The average molecular weight is 567 g/mol. The number of carbonyl (C=O) groups excluding carboxylic acids is 4. The highest BCUT2D eigenvalue weighted by atomic mass is 79.9. The number of nitro groups is 1. The van der Waals surface area contributed by atoms with Crippen molar-refractivity contribution in [2.75, 3.05) is 18.1 Å². The van der Waals surface area contributed by atoms with E-state index in [0.717, 1.165) is 4.47 Å². The number of ether oxygens (including phenoxy) is 2. The first kappa shape index (κ1) is 25.7. The second-order valence-electron chi connectivity index (χ2n) is 8.13. The van der Waals surface area contributed by atoms with Gasteiger partial charge in [-0.15, -0.1) is 0 Å². The van der Waals surface area contributed by atoms with Crippen molar-refractivity contribution in [1.29, 1.82) is 0 Å². The quantitative estimate of drug-likeness (QED) is 0.129. The van der Waals surface area contributed by atoms with Crippen molar-refractivity contribution < 1.29 is 33.6 Å². The molecule has 0 aliphatic carbocycles. The van der Waals surface area contributed by atoms with Crippen LogP contribution in [0.25, 0.3) is 0 Å². The van der Waals surface area contributed by atoms with Crippen molar-refractivity contribution in [3.63, 3.8) is 0 Å². The highest BCUT2D eigenvalue weighted by Gasteiger charge is 2.36. The third kappa shape index (κ3) is 6.25. The van der Waals surface area contributed by atoms with E-state index < -0.39 is 35.2 Å². The molecular weight excluding hydrogens is 548 g/mol. The minimum atomic E-state index is -0.768. The second-order valence-corrected chi connectivity index (χ2v) is 9.05. The van der Waals surface area contributed by atoms with Gasteiger partial charge in [-0.25, -0.2) is 4.79 Å². The van der Waals surface area contributed by atoms with Crippen molar-refractivity contribution in [2.45, 2.75) is 6.42 Å². The molecule has 1 amide bonds. The van der Waals surface area contributed by atoms with E-state index in [1.807, 2.05) is 0 Å². The van der Waals surface area contributed by atoms with Crippen LogP contribution in [0.4, 0.5) is 11.4 Å². The number of esters is 2. The van der Waals surface area contributed by atoms with Crippen molar-refractivity contribution in [3.8, 4) is 5.75 Å². The van der Waals surface area contributed by atoms with Gasteiger partial charge in [0.2, 0.25) is 5.91 Å². The van der Waals surface area contributed by atoms with Crippen LogP contribution in [-0.2, 0) is 14.3 Å². The first-order chi connectivity index (χ1) is 17.7. The highest BCUT2D eigenvalue weighted by molar-refractivity contribution is 9.10. The SMILES string of the molecule is O=C(COC(=O)[C@@H]1CC(=O)N(c2ccc([N+](=O)[O-])cc2)C1)c1ccc(OC(=O)c2ccc(Br)cc2)cc1. The first-order valence-electron chi connectivity index (χ1n) is 11.0. The maximum absolute atomic E-state index is 12.5. The number of nitrogens with zero attached hydrogens (tertiary/aromatic N) is 2. The first-order valence-corrected chi connectivity index (χ1v) is 11.8. The lowest BCUT2D eigenvalue weighted by Gasteiger charge is -2.16. The normalized spacial score (nSPS) is 14.8. The Kier molecular flexibility index (Phi) is 7.73. The number of anilines is 1. The van der Waals surface area contributed by atoms with E-state index in [0.29, 0.717) is 11.3 Å². The van der Waals surface area contributed by atoms with Crippen molar-refractivity contribution in [2.24, 2.45) is 5.92 Å². The summed E-state index contributed by atoms with van der Waals surface area (Å²) in [4.78, 5) is 61.1. The van der Waals surface area contributed by atoms with Gasteiger partial charge >= 0.3 is 11.9 Å². The van der Waals surface area contributed by atoms with E-state index in [9.17, 15) is 29.3 Å². The second kappa shape index (κ2) is 11.1. The molecule has 1 heterocycles. The van der Waals surface area contributed by atoms with Crippen LogP contribution in [0.15, 0.2) is 77.3 Å². The van der Waals surface area contributed by atoms with Crippen LogP contribution in [0.2, 0.25) is 0 Å². The molecule has 0 saturated carbocycles. The number of carbonyl (C=O) groups is 4. The van der Waals surface area contributed by atoms with Crippen molar-refractivity contribution in [3.05, 3.63) is 98.5 Å². The van der Waals surface area contributed by atoms with Gasteiger partial charge in [0, 0.05) is 40.8 Å². The van der Waals surface area contributed by atoms with Gasteiger partial charge in [0.05, 0.1) is 16.4 Å². The van der Waals surface area contributed by atoms with Crippen LogP contribution in [0, 0.1) is 16.0 Å². The van der Waals surface area contributed by atoms with Crippen LogP contribution in [0.5, 0.6) is 5.75 Å². The zero-order valence-electron chi connectivity index (χ0n) is 19.2. The third-order valence-corrected chi connectivity index (χ3v) is 6.17. The smallest absolute Gasteiger partial charge is 0.343 e. The molecule has 3 aromatic carbocycles. The lowest BCUT2D eigenvalue weighted by Crippen LogP contribution is -2.27. The monoisotopic (exact) mass is 566 g/mol. The van der Waals surface area contributed by atoms with Crippen molar-refractivity contribution in [1.82, 2.24) is 0 Å². The molecule has 0 radical (unpaired) electrons. The summed E-state index contributed by atoms with van der Waals surface area (Å²) in [6.45, 7) is -0.471. The summed E-state index contributed by atoms with van der Waals surface area (Å²) in [5.74, 6) is -2.54. The molecule has 3 aromatic rings. The lowest BCUT2D eigenvalue weighted by molar-refractivity contribution is -0.384. The summed E-state index contributed by atoms with van der Waals surface area (Å²) in [6.07, 6.45) is -0.0948. The molecule has 188 valence electrons. The molecule has 0 bridgehead atoms. The highest BCUT2D eigenvalue weighted by Crippen LogP contribution is 2.27. The number of hydrogen-bond donors (Lipinski definition) is 0. The Morgan fingerprint density at radius 3 is 2.19 bits per heavy atom. The van der Waals surface area contributed by atoms with E-state index in [1.165, 1.54) is 53.4 Å². The van der Waals surface area contributed by atoms with Gasteiger partial charge in [-0.2, -0.15) is 0 Å². The summed E-state index contributed by atoms with van der Waals surface area (Å²) < 4.78 is 11.3. The summed E-state index contributed by atoms with van der Waals surface area (Å²) in [5.41, 5.74) is 0.947. The number of amides is 1. The molecule has 4 rings (SSSR count). The summed E-state index contributed by atoms with van der Waals surface area (Å²) >= 11 is 3.29. The fourth-order valence-corrected chi connectivity index (χ4v) is 3.93. The molecule has 0 aromatic heterocycles. The van der Waals surface area contributed by atoms with Crippen LogP contribution in [-0.4, -0.2) is 41.7 Å². The lowest BCUT2D eigenvalue weighted by atomic mass is 10.1. The van der Waals surface area contributed by atoms with Crippen molar-refractivity contribution >= 4 is 50.9 Å². The molecule has 0 N–H and O–H groups in total. The van der Waals surface area contributed by atoms with E-state index in [2.05, 4.69) is 15.9 Å². The fraction of sp³-hybridized carbons (Fsp3) is 0.154. The minimum absolute atomic E-state index is 0.0437. The topological polar surface area (TPSA) is 133 Å². The Bertz CT molecular complexity index is 1350. The fourth-order valence-electron chi connectivity index (χ4n) is 3.67. The number of Topliss-reactive ketones (excluding diaryl/α,β-unsaturated/α-hetero) is 1. The Hall–Kier alpha value is -4.38. The third-order valence-electron chi connectivity index (χ3n) is 5.64. The molecule has 0 spiro atoms. The summed E-state index contributed by atoms with van der Waals surface area (Å²) in [6, 6.07) is 17.9. The standard InChI is InChI=1S/C26H19BrN2O8/c27-19-5-1-17(2-6-19)26(33)37-22-11-3-16(4-12-22)23(30)15-36-25(32)18-13-24(31)28(14-18)20-7-9-21(10-8-20)29(34)35/h1-12,18H,13-15H2/t18-/m1/s1. The average Bonchev–Trinajstić information content (AvgIpc) is 3.29. The summed E-state index contributed by atoms with van der Waals surface area (Å²) in [5, 5.41) is 10.8. The van der Waals surface area contributed by atoms with Gasteiger partial charge in [0.25, 0.3) is 5.69 Å². The molecule has 11 heteroatoms. The maximum atomic E-state index is 12.5. The largest absolute Gasteiger partial charge is 0.457 e. The molecule has 37 heavy (non-hydrogen) atoms. The summed E-state index contributed by atoms with van der Waals surface area (Å²) in [7, 11) is 0. The Balaban J connectivity index is 1.28. The van der Waals surface area contributed by atoms with Gasteiger partial charge in [-0.1, -0.05) is 15.9 Å². The van der Waals surface area contributed by atoms with E-state index >= 15 is 0 Å². The molecule has 1 aliphatic rings. The van der Waals surface area contributed by atoms with Crippen LogP contribution >= 0.6 is 15.9 Å². The number of benzene rings is 3. The Morgan fingerprint density at radius 1 is 0.946 bits per heavy atom. The van der Waals surface area contributed by atoms with Gasteiger partial charge in [-0.05, 0) is 60.7 Å². The number of hydrogen-bond acceptors (Lipinski definition) is 8. The molecular formula is C26H19BrN2O8. The predicted octanol–water partition coefficient (Wildman–Crippen LogP) is 4.36. The number of ketones is 1. The zero-order valence-corrected chi connectivity index (χ0v) is 20.8. The van der Waals surface area contributed by atoms with Gasteiger partial charge in [-0.3, -0.25) is 24.5 Å². The molecule has 0 unspecified atom stereocenters. The number of halogens is 1. The molecule has 10 nitrogen and oxygen atoms in total. The minimum Gasteiger partial charge on any atom is -0.457 e. The number of non-ortho nitro benzene ring substituents is 1. The molecule has 1 saturated heterocycles. The Morgan fingerprint density at radius 2 is 1.57 bits per heavy atom. The molecule has 1 aliphatic heterocycles. The maximum Gasteiger partial charge on any atom is 0.343 e. The Labute approximate surface area is 219 Å². The predicted molar refractivity (Wildman–Crippen MR) is 134 cm³/mol.